The fourth-order valence-corrected chi connectivity index (χ4v) is 6.10. The molecule has 0 amide bonds. The van der Waals surface area contributed by atoms with Crippen molar-refractivity contribution in [3.63, 3.8) is 0 Å². The van der Waals surface area contributed by atoms with Gasteiger partial charge in [0.05, 0.1) is 23.7 Å². The lowest BCUT2D eigenvalue weighted by molar-refractivity contribution is -0.0707. The zero-order chi connectivity index (χ0) is 19.1. The number of hydrogen-bond acceptors (Lipinski definition) is 5. The van der Waals surface area contributed by atoms with Gasteiger partial charge in [0.2, 0.25) is 0 Å². The van der Waals surface area contributed by atoms with E-state index >= 15 is 0 Å². The molecule has 0 unspecified atom stereocenters. The number of rotatable bonds is 4. The van der Waals surface area contributed by atoms with E-state index in [1.54, 1.807) is 6.07 Å². The third-order valence-electron chi connectivity index (χ3n) is 5.53. The highest BCUT2D eigenvalue weighted by molar-refractivity contribution is 7.91. The Morgan fingerprint density at radius 3 is 2.89 bits per heavy atom. The minimum Gasteiger partial charge on any atom is -0.460 e. The van der Waals surface area contributed by atoms with Crippen molar-refractivity contribution in [1.82, 2.24) is 5.32 Å². The molecule has 0 saturated carbocycles. The van der Waals surface area contributed by atoms with Gasteiger partial charge >= 0.3 is 0 Å². The molecule has 1 spiro atoms. The molecule has 27 heavy (non-hydrogen) atoms. The lowest BCUT2D eigenvalue weighted by atomic mass is 9.90. The van der Waals surface area contributed by atoms with E-state index in [2.05, 4.69) is 5.32 Å². The largest absolute Gasteiger partial charge is 0.460 e. The molecule has 1 aromatic heterocycles. The molecule has 7 heteroatoms. The fourth-order valence-electron chi connectivity index (χ4n) is 4.13. The number of aryl methyl sites for hydroxylation is 1. The molecule has 1 N–H and O–H groups in total. The smallest absolute Gasteiger partial charge is 0.153 e. The lowest BCUT2D eigenvalue weighted by Gasteiger charge is -2.37. The van der Waals surface area contributed by atoms with Crippen LogP contribution in [0, 0.1) is 12.7 Å². The number of benzene rings is 1. The Hall–Kier alpha value is -1.70. The molecule has 5 nitrogen and oxygen atoms in total. The van der Waals surface area contributed by atoms with E-state index in [4.69, 9.17) is 9.15 Å². The van der Waals surface area contributed by atoms with Gasteiger partial charge in [0.1, 0.15) is 17.3 Å². The second kappa shape index (κ2) is 7.04. The number of furan rings is 1. The Morgan fingerprint density at radius 1 is 1.30 bits per heavy atom. The summed E-state index contributed by atoms with van der Waals surface area (Å²) < 4.78 is 48.7. The summed E-state index contributed by atoms with van der Waals surface area (Å²) in [5, 5.41) is 3.48. The van der Waals surface area contributed by atoms with Gasteiger partial charge in [-0.1, -0.05) is 0 Å². The highest BCUT2D eigenvalue weighted by Crippen LogP contribution is 2.35. The van der Waals surface area contributed by atoms with E-state index in [-0.39, 0.29) is 23.4 Å². The molecule has 0 bridgehead atoms. The zero-order valence-corrected chi connectivity index (χ0v) is 16.1. The van der Waals surface area contributed by atoms with Gasteiger partial charge in [-0.15, -0.1) is 0 Å². The minimum atomic E-state index is -2.98. The summed E-state index contributed by atoms with van der Waals surface area (Å²) in [4.78, 5) is 0. The number of ether oxygens (including phenoxy) is 1. The summed E-state index contributed by atoms with van der Waals surface area (Å²) in [7, 11) is -2.98. The normalized spacial score (nSPS) is 27.3. The van der Waals surface area contributed by atoms with Crippen LogP contribution in [-0.4, -0.2) is 38.2 Å². The third kappa shape index (κ3) is 4.10. The number of sulfone groups is 1. The third-order valence-corrected chi connectivity index (χ3v) is 7.32. The first-order chi connectivity index (χ1) is 12.8. The van der Waals surface area contributed by atoms with Crippen LogP contribution in [0.5, 0.6) is 0 Å². The molecule has 2 aliphatic rings. The van der Waals surface area contributed by atoms with Crippen molar-refractivity contribution in [2.75, 3.05) is 18.1 Å². The quantitative estimate of drug-likeness (QED) is 0.864. The zero-order valence-electron chi connectivity index (χ0n) is 15.3. The topological polar surface area (TPSA) is 68.5 Å². The van der Waals surface area contributed by atoms with Crippen molar-refractivity contribution >= 4 is 9.84 Å². The van der Waals surface area contributed by atoms with Crippen LogP contribution in [0.15, 0.2) is 34.7 Å². The fraction of sp³-hybridized carbons (Fsp3) is 0.500. The Kier molecular flexibility index (Phi) is 4.86. The summed E-state index contributed by atoms with van der Waals surface area (Å²) >= 11 is 0. The Labute approximate surface area is 158 Å². The van der Waals surface area contributed by atoms with E-state index in [9.17, 15) is 12.8 Å². The van der Waals surface area contributed by atoms with Crippen LogP contribution in [0.2, 0.25) is 0 Å². The van der Waals surface area contributed by atoms with Crippen LogP contribution in [-0.2, 0) is 21.1 Å². The lowest BCUT2D eigenvalue weighted by Crippen LogP contribution is -2.47. The molecule has 2 fully saturated rings. The molecule has 146 valence electrons. The highest BCUT2D eigenvalue weighted by Gasteiger charge is 2.46. The maximum absolute atomic E-state index is 13.3. The SMILES string of the molecule is Cc1cc(F)ccc1-c1ccc(CN[C@H]2CCO[C@]3(CCS(=O)(=O)C3)C2)o1. The average molecular weight is 393 g/mol. The van der Waals surface area contributed by atoms with Crippen LogP contribution in [0.1, 0.15) is 30.6 Å². The van der Waals surface area contributed by atoms with Gasteiger partial charge in [0.15, 0.2) is 9.84 Å². The maximum Gasteiger partial charge on any atom is 0.153 e. The first-order valence-corrected chi connectivity index (χ1v) is 11.1. The Bertz CT molecular complexity index is 939. The highest BCUT2D eigenvalue weighted by atomic mass is 32.2. The maximum atomic E-state index is 13.3. The van der Waals surface area contributed by atoms with E-state index in [0.717, 1.165) is 29.1 Å². The molecular formula is C20H24FNO4S. The molecule has 1 aromatic carbocycles. The first-order valence-electron chi connectivity index (χ1n) is 9.27. The van der Waals surface area contributed by atoms with E-state index in [0.29, 0.717) is 26.0 Å². The van der Waals surface area contributed by atoms with Crippen molar-refractivity contribution < 1.29 is 22.0 Å². The number of nitrogens with one attached hydrogen (secondary N) is 1. The van der Waals surface area contributed by atoms with Crippen LogP contribution in [0.3, 0.4) is 0 Å². The average Bonchev–Trinajstić information content (AvgIpc) is 3.18. The summed E-state index contributed by atoms with van der Waals surface area (Å²) in [6, 6.07) is 8.66. The van der Waals surface area contributed by atoms with Gasteiger partial charge < -0.3 is 14.5 Å². The van der Waals surface area contributed by atoms with Crippen molar-refractivity contribution in [3.05, 3.63) is 47.5 Å². The van der Waals surface area contributed by atoms with Crippen molar-refractivity contribution in [3.8, 4) is 11.3 Å². The second-order valence-corrected chi connectivity index (χ2v) is 9.85. The van der Waals surface area contributed by atoms with E-state index in [1.165, 1.54) is 12.1 Å². The van der Waals surface area contributed by atoms with Gasteiger partial charge in [-0.2, -0.15) is 0 Å². The second-order valence-electron chi connectivity index (χ2n) is 7.67. The van der Waals surface area contributed by atoms with Gasteiger partial charge in [-0.3, -0.25) is 0 Å². The molecule has 0 radical (unpaired) electrons. The van der Waals surface area contributed by atoms with Gasteiger partial charge in [0, 0.05) is 18.2 Å². The van der Waals surface area contributed by atoms with E-state index in [1.807, 2.05) is 19.1 Å². The molecule has 2 saturated heterocycles. The van der Waals surface area contributed by atoms with Crippen molar-refractivity contribution in [1.29, 1.82) is 0 Å². The predicted octanol–water partition coefficient (Wildman–Crippen LogP) is 3.22. The first kappa shape index (κ1) is 18.7. The van der Waals surface area contributed by atoms with Crippen LogP contribution in [0.25, 0.3) is 11.3 Å². The molecular weight excluding hydrogens is 369 g/mol. The molecule has 2 atom stereocenters. The minimum absolute atomic E-state index is 0.132. The van der Waals surface area contributed by atoms with Crippen molar-refractivity contribution in [2.45, 2.75) is 44.4 Å². The number of halogens is 1. The van der Waals surface area contributed by atoms with Gasteiger partial charge in [-0.25, -0.2) is 12.8 Å². The van der Waals surface area contributed by atoms with Crippen LogP contribution in [0.4, 0.5) is 4.39 Å². The van der Waals surface area contributed by atoms with Gasteiger partial charge in [-0.05, 0) is 62.1 Å². The molecule has 4 rings (SSSR count). The van der Waals surface area contributed by atoms with Crippen LogP contribution < -0.4 is 5.32 Å². The summed E-state index contributed by atoms with van der Waals surface area (Å²) in [5.74, 6) is 1.61. The molecule has 2 aliphatic heterocycles. The molecule has 0 aliphatic carbocycles. The van der Waals surface area contributed by atoms with Crippen LogP contribution >= 0.6 is 0 Å². The van der Waals surface area contributed by atoms with Crippen molar-refractivity contribution in [2.24, 2.45) is 0 Å². The Morgan fingerprint density at radius 2 is 2.15 bits per heavy atom. The van der Waals surface area contributed by atoms with Gasteiger partial charge in [0.25, 0.3) is 0 Å². The summed E-state index contributed by atoms with van der Waals surface area (Å²) in [6.07, 6.45) is 2.14. The predicted molar refractivity (Wildman–Crippen MR) is 101 cm³/mol. The Balaban J connectivity index is 1.39. The summed E-state index contributed by atoms with van der Waals surface area (Å²) in [6.45, 7) is 3.00. The van der Waals surface area contributed by atoms with E-state index < -0.39 is 15.4 Å². The standard InChI is InChI=1S/C20H24FNO4S/c1-14-10-15(21)2-4-18(14)19-5-3-17(26-19)12-22-16-6-8-25-20(11-16)7-9-27(23,24)13-20/h2-5,10,16,22H,6-9,11-13H2,1H3/t16-,20+/m0/s1. The number of hydrogen-bond donors (Lipinski definition) is 1. The molecule has 3 heterocycles. The molecule has 2 aromatic rings. The monoisotopic (exact) mass is 393 g/mol. The summed E-state index contributed by atoms with van der Waals surface area (Å²) in [5.41, 5.74) is 1.19.